The fraction of sp³-hybridized carbons (Fsp3) is 0.476. The minimum atomic E-state index is -0.930. The number of hydrogen-bond acceptors (Lipinski definition) is 10. The molecule has 0 radical (unpaired) electrons. The van der Waals surface area contributed by atoms with E-state index in [9.17, 15) is 5.11 Å². The van der Waals surface area contributed by atoms with E-state index in [1.54, 1.807) is 18.2 Å². The molecule has 0 amide bonds. The van der Waals surface area contributed by atoms with Crippen molar-refractivity contribution < 1.29 is 14.2 Å². The molecule has 1 aromatic carbocycles. The Morgan fingerprint density at radius 2 is 2.09 bits per heavy atom. The van der Waals surface area contributed by atoms with Gasteiger partial charge >= 0.3 is 6.01 Å². The van der Waals surface area contributed by atoms with Crippen LogP contribution in [-0.4, -0.2) is 80.7 Å². The summed E-state index contributed by atoms with van der Waals surface area (Å²) < 4.78 is 20.2. The Kier molecular flexibility index (Phi) is 5.38. The summed E-state index contributed by atoms with van der Waals surface area (Å²) in [5, 5.41) is 20.4. The topological polar surface area (TPSA) is 100 Å². The van der Waals surface area contributed by atoms with Gasteiger partial charge in [-0.15, -0.1) is 10.2 Å². The van der Waals surface area contributed by atoms with Crippen molar-refractivity contribution in [2.75, 3.05) is 26.1 Å². The maximum atomic E-state index is 15.2. The van der Waals surface area contributed by atoms with E-state index in [0.29, 0.717) is 33.1 Å². The van der Waals surface area contributed by atoms with Crippen molar-refractivity contribution in [2.45, 2.75) is 43.6 Å². The molecule has 2 aliphatic heterocycles. The zero-order valence-electron chi connectivity index (χ0n) is 18.0. The highest BCUT2D eigenvalue weighted by Gasteiger charge is 2.47. The van der Waals surface area contributed by atoms with Crippen molar-refractivity contribution in [2.24, 2.45) is 0 Å². The fourth-order valence-electron chi connectivity index (χ4n) is 4.73. The van der Waals surface area contributed by atoms with E-state index in [2.05, 4.69) is 30.0 Å². The van der Waals surface area contributed by atoms with E-state index >= 15 is 4.39 Å². The summed E-state index contributed by atoms with van der Waals surface area (Å²) in [5.74, 6) is 0.426. The molecule has 2 aliphatic rings. The van der Waals surface area contributed by atoms with Crippen molar-refractivity contribution in [3.8, 4) is 33.7 Å². The minimum Gasteiger partial charge on any atom is -0.507 e. The Bertz CT molecular complexity index is 1130. The molecule has 2 fully saturated rings. The minimum absolute atomic E-state index is 0.0285. The van der Waals surface area contributed by atoms with E-state index in [1.807, 2.05) is 19.0 Å². The van der Waals surface area contributed by atoms with Gasteiger partial charge in [-0.05, 0) is 38.4 Å². The Hall–Kier alpha value is -2.92. The van der Waals surface area contributed by atoms with Crippen molar-refractivity contribution in [3.63, 3.8) is 0 Å². The van der Waals surface area contributed by atoms with Crippen LogP contribution in [-0.2, 0) is 0 Å². The van der Waals surface area contributed by atoms with Gasteiger partial charge in [0.25, 0.3) is 0 Å². The number of anilines is 1. The second-order valence-electron chi connectivity index (χ2n) is 8.24. The summed E-state index contributed by atoms with van der Waals surface area (Å²) in [4.78, 5) is 16.3. The molecule has 168 valence electrons. The van der Waals surface area contributed by atoms with Crippen LogP contribution >= 0.6 is 11.3 Å². The molecule has 2 bridgehead atoms. The number of benzene rings is 1. The lowest BCUT2D eigenvalue weighted by molar-refractivity contribution is 0.0703. The Morgan fingerprint density at radius 3 is 2.88 bits per heavy atom. The molecule has 0 saturated carbocycles. The zero-order valence-corrected chi connectivity index (χ0v) is 18.8. The first-order valence-corrected chi connectivity index (χ1v) is 11.3. The summed E-state index contributed by atoms with van der Waals surface area (Å²) in [6.45, 7) is 0. The molecule has 9 nitrogen and oxygen atoms in total. The summed E-state index contributed by atoms with van der Waals surface area (Å²) >= 11 is 1.34. The van der Waals surface area contributed by atoms with Crippen LogP contribution in [0.3, 0.4) is 0 Å². The number of alkyl halides is 1. The summed E-state index contributed by atoms with van der Waals surface area (Å²) in [7, 11) is 5.38. The first-order chi connectivity index (χ1) is 15.5. The average Bonchev–Trinajstić information content (AvgIpc) is 3.39. The lowest BCUT2D eigenvalue weighted by Gasteiger charge is -2.42. The third-order valence-electron chi connectivity index (χ3n) is 6.58. The highest BCUT2D eigenvalue weighted by molar-refractivity contribution is 7.18. The largest absolute Gasteiger partial charge is 0.507 e. The van der Waals surface area contributed by atoms with E-state index in [-0.39, 0.29) is 23.8 Å². The van der Waals surface area contributed by atoms with Crippen LogP contribution in [0.15, 0.2) is 24.5 Å². The summed E-state index contributed by atoms with van der Waals surface area (Å²) in [6, 6.07) is 5.47. The molecule has 2 aromatic heterocycles. The van der Waals surface area contributed by atoms with Gasteiger partial charge in [-0.25, -0.2) is 9.37 Å². The number of methoxy groups -OCH3 is 1. The highest BCUT2D eigenvalue weighted by atomic mass is 32.1. The second-order valence-corrected chi connectivity index (χ2v) is 9.20. The number of phenols is 1. The zero-order chi connectivity index (χ0) is 22.4. The van der Waals surface area contributed by atoms with Crippen LogP contribution in [0.5, 0.6) is 11.8 Å². The molecular weight excluding hydrogens is 433 g/mol. The van der Waals surface area contributed by atoms with Gasteiger partial charge in [0.15, 0.2) is 10.8 Å². The van der Waals surface area contributed by atoms with Crippen LogP contribution in [0.25, 0.3) is 22.0 Å². The van der Waals surface area contributed by atoms with Gasteiger partial charge in [0.2, 0.25) is 5.13 Å². The van der Waals surface area contributed by atoms with Crippen LogP contribution in [0.1, 0.15) is 19.3 Å². The number of hydrogen-bond donors (Lipinski definition) is 1. The highest BCUT2D eigenvalue weighted by Crippen LogP contribution is 2.41. The number of halogens is 1. The average molecular weight is 458 g/mol. The monoisotopic (exact) mass is 457 g/mol. The molecule has 3 aromatic rings. The molecular formula is C21H24FN7O2S. The van der Waals surface area contributed by atoms with E-state index in [0.717, 1.165) is 19.3 Å². The SMILES string of the molecule is COc1ncnc(-c2ccc(-c3nnc(N(C)[C@H]4C[C@@H]5CC[C@H]([C@H]4F)N5C)s3)c(O)c2)n1. The molecule has 2 saturated heterocycles. The van der Waals surface area contributed by atoms with Gasteiger partial charge in [0.05, 0.1) is 18.7 Å². The molecule has 0 spiro atoms. The standard InChI is InChI=1S/C21H24FN7O2S/c1-28-12-5-7-14(28)17(22)15(9-12)29(2)21-27-26-19(32-21)13-6-4-11(8-16(13)30)18-23-10-24-20(25-18)31-3/h4,6,8,10,12,14-15,17,30H,5,7,9H2,1-3H3/t12-,14+,15-,17+/m0/s1. The summed E-state index contributed by atoms with van der Waals surface area (Å²) in [6.07, 6.45) is 3.14. The Balaban J connectivity index is 1.37. The molecule has 0 aliphatic carbocycles. The van der Waals surface area contributed by atoms with Crippen LogP contribution in [0, 0.1) is 0 Å². The Morgan fingerprint density at radius 1 is 1.25 bits per heavy atom. The number of phenolic OH excluding ortho intramolecular Hbond substituents is 1. The number of aromatic hydroxyl groups is 1. The molecule has 5 rings (SSSR count). The predicted octanol–water partition coefficient (Wildman–Crippen LogP) is 2.78. The molecule has 4 heterocycles. The third-order valence-corrected chi connectivity index (χ3v) is 7.62. The molecule has 32 heavy (non-hydrogen) atoms. The molecule has 1 N–H and O–H groups in total. The van der Waals surface area contributed by atoms with Gasteiger partial charge in [-0.3, -0.25) is 4.90 Å². The van der Waals surface area contributed by atoms with Gasteiger partial charge in [0.1, 0.15) is 18.2 Å². The first kappa shape index (κ1) is 21.0. The normalized spacial score (nSPS) is 25.1. The van der Waals surface area contributed by atoms with Crippen molar-refractivity contribution in [3.05, 3.63) is 24.5 Å². The predicted molar refractivity (Wildman–Crippen MR) is 119 cm³/mol. The van der Waals surface area contributed by atoms with Crippen molar-refractivity contribution in [1.29, 1.82) is 0 Å². The van der Waals surface area contributed by atoms with Crippen LogP contribution < -0.4 is 9.64 Å². The number of rotatable bonds is 5. The number of piperidine rings is 1. The molecule has 0 unspecified atom stereocenters. The van der Waals surface area contributed by atoms with Gasteiger partial charge in [-0.1, -0.05) is 17.4 Å². The maximum Gasteiger partial charge on any atom is 0.319 e. The number of fused-ring (bicyclic) bond motifs is 2. The fourth-order valence-corrected chi connectivity index (χ4v) is 5.62. The smallest absolute Gasteiger partial charge is 0.319 e. The lowest BCUT2D eigenvalue weighted by Crippen LogP contribution is -2.56. The number of ether oxygens (including phenoxy) is 1. The van der Waals surface area contributed by atoms with E-state index in [4.69, 9.17) is 4.74 Å². The maximum absolute atomic E-state index is 15.2. The van der Waals surface area contributed by atoms with E-state index < -0.39 is 6.17 Å². The molecule has 4 atom stereocenters. The number of aromatic nitrogens is 5. The summed E-state index contributed by atoms with van der Waals surface area (Å²) in [5.41, 5.74) is 1.17. The van der Waals surface area contributed by atoms with Gasteiger partial charge < -0.3 is 14.7 Å². The van der Waals surface area contributed by atoms with Gasteiger partial charge in [-0.2, -0.15) is 9.97 Å². The van der Waals surface area contributed by atoms with Crippen molar-refractivity contribution >= 4 is 16.5 Å². The second kappa shape index (κ2) is 8.21. The quantitative estimate of drug-likeness (QED) is 0.620. The van der Waals surface area contributed by atoms with Crippen LogP contribution in [0.4, 0.5) is 9.52 Å². The van der Waals surface area contributed by atoms with Gasteiger partial charge in [0, 0.05) is 24.7 Å². The van der Waals surface area contributed by atoms with E-state index in [1.165, 1.54) is 24.8 Å². The van der Waals surface area contributed by atoms with Crippen LogP contribution in [0.2, 0.25) is 0 Å². The third kappa shape index (κ3) is 3.55. The number of nitrogens with zero attached hydrogens (tertiary/aromatic N) is 7. The molecule has 11 heteroatoms. The Labute approximate surface area is 188 Å². The van der Waals surface area contributed by atoms with Crippen molar-refractivity contribution in [1.82, 2.24) is 30.0 Å². The first-order valence-electron chi connectivity index (χ1n) is 10.5. The lowest BCUT2D eigenvalue weighted by atomic mass is 9.95.